The Morgan fingerprint density at radius 2 is 2.25 bits per heavy atom. The van der Waals surface area contributed by atoms with Gasteiger partial charge in [0, 0.05) is 24.6 Å². The lowest BCUT2D eigenvalue weighted by Gasteiger charge is -2.11. The van der Waals surface area contributed by atoms with Gasteiger partial charge in [0.25, 0.3) is 5.91 Å². The third-order valence-electron chi connectivity index (χ3n) is 3.35. The topological polar surface area (TPSA) is 98.5 Å². The minimum atomic E-state index is -3.74. The van der Waals surface area contributed by atoms with Gasteiger partial charge in [-0.3, -0.25) is 4.79 Å². The minimum Gasteiger partial charge on any atom is -0.381 e. The molecule has 1 aromatic carbocycles. The van der Waals surface area contributed by atoms with Crippen molar-refractivity contribution in [3.8, 4) is 0 Å². The van der Waals surface area contributed by atoms with Crippen molar-refractivity contribution >= 4 is 15.9 Å². The summed E-state index contributed by atoms with van der Waals surface area (Å²) in [5.41, 5.74) is 1.04. The SMILES string of the molecule is Cc1cc(S(N)(=O)=O)ccc1C(=O)NCC1CCOC1. The molecule has 6 nitrogen and oxygen atoms in total. The summed E-state index contributed by atoms with van der Waals surface area (Å²) in [5, 5.41) is 7.89. The zero-order valence-electron chi connectivity index (χ0n) is 11.3. The van der Waals surface area contributed by atoms with E-state index >= 15 is 0 Å². The molecule has 1 unspecified atom stereocenters. The Kier molecular flexibility index (Phi) is 4.42. The molecule has 0 aliphatic carbocycles. The average molecular weight is 298 g/mol. The molecule has 0 spiro atoms. The van der Waals surface area contributed by atoms with Gasteiger partial charge >= 0.3 is 0 Å². The third kappa shape index (κ3) is 3.56. The number of nitrogens with one attached hydrogen (secondary N) is 1. The Hall–Kier alpha value is -1.44. The summed E-state index contributed by atoms with van der Waals surface area (Å²) in [6.45, 7) is 3.66. The van der Waals surface area contributed by atoms with Crippen LogP contribution >= 0.6 is 0 Å². The molecule has 1 aliphatic heterocycles. The molecule has 1 saturated heterocycles. The Bertz CT molecular complexity index is 607. The Labute approximate surface area is 118 Å². The average Bonchev–Trinajstić information content (AvgIpc) is 2.87. The quantitative estimate of drug-likeness (QED) is 0.841. The molecule has 1 fully saturated rings. The highest BCUT2D eigenvalue weighted by molar-refractivity contribution is 7.89. The molecule has 0 radical (unpaired) electrons. The van der Waals surface area contributed by atoms with E-state index in [-0.39, 0.29) is 10.8 Å². The van der Waals surface area contributed by atoms with E-state index in [1.54, 1.807) is 6.92 Å². The number of carbonyl (C=O) groups excluding carboxylic acids is 1. The Morgan fingerprint density at radius 1 is 1.50 bits per heavy atom. The zero-order chi connectivity index (χ0) is 14.8. The smallest absolute Gasteiger partial charge is 0.251 e. The Morgan fingerprint density at radius 3 is 2.80 bits per heavy atom. The molecule has 2 rings (SSSR count). The number of sulfonamides is 1. The van der Waals surface area contributed by atoms with Crippen molar-refractivity contribution in [2.45, 2.75) is 18.2 Å². The number of nitrogens with two attached hydrogens (primary N) is 1. The molecule has 1 aliphatic rings. The van der Waals surface area contributed by atoms with Gasteiger partial charge in [-0.05, 0) is 37.1 Å². The number of ether oxygens (including phenoxy) is 1. The fourth-order valence-corrected chi connectivity index (χ4v) is 2.74. The molecule has 0 aromatic heterocycles. The first kappa shape index (κ1) is 15.0. The van der Waals surface area contributed by atoms with Crippen LogP contribution in [0.15, 0.2) is 23.1 Å². The molecule has 1 atom stereocenters. The normalized spacial score (nSPS) is 19.0. The second kappa shape index (κ2) is 5.90. The molecule has 7 heteroatoms. The first-order valence-corrected chi connectivity index (χ1v) is 7.92. The molecular formula is C13H18N2O4S. The highest BCUT2D eigenvalue weighted by Crippen LogP contribution is 2.15. The van der Waals surface area contributed by atoms with Crippen LogP contribution < -0.4 is 10.5 Å². The number of rotatable bonds is 4. The summed E-state index contributed by atoms with van der Waals surface area (Å²) < 4.78 is 27.7. The number of carbonyl (C=O) groups is 1. The number of hydrogen-bond acceptors (Lipinski definition) is 4. The number of hydrogen-bond donors (Lipinski definition) is 2. The zero-order valence-corrected chi connectivity index (χ0v) is 12.1. The lowest BCUT2D eigenvalue weighted by atomic mass is 10.1. The lowest BCUT2D eigenvalue weighted by molar-refractivity contribution is 0.0944. The largest absolute Gasteiger partial charge is 0.381 e. The van der Waals surface area contributed by atoms with Crippen molar-refractivity contribution in [3.63, 3.8) is 0 Å². The minimum absolute atomic E-state index is 0.00995. The molecule has 0 saturated carbocycles. The van der Waals surface area contributed by atoms with Crippen molar-refractivity contribution in [2.24, 2.45) is 11.1 Å². The number of primary sulfonamides is 1. The van der Waals surface area contributed by atoms with Crippen LogP contribution in [0.3, 0.4) is 0 Å². The van der Waals surface area contributed by atoms with Gasteiger partial charge in [-0.15, -0.1) is 0 Å². The van der Waals surface area contributed by atoms with Gasteiger partial charge < -0.3 is 10.1 Å². The fourth-order valence-electron chi connectivity index (χ4n) is 2.14. The van der Waals surface area contributed by atoms with E-state index in [2.05, 4.69) is 5.32 Å². The summed E-state index contributed by atoms with van der Waals surface area (Å²) in [4.78, 5) is 12.1. The summed E-state index contributed by atoms with van der Waals surface area (Å²) in [6, 6.07) is 4.23. The molecule has 0 bridgehead atoms. The maximum Gasteiger partial charge on any atom is 0.251 e. The maximum atomic E-state index is 12.1. The van der Waals surface area contributed by atoms with Gasteiger partial charge in [0.2, 0.25) is 10.0 Å². The summed E-state index contributed by atoms with van der Waals surface area (Å²) in [6.07, 6.45) is 0.948. The summed E-state index contributed by atoms with van der Waals surface area (Å²) in [5.74, 6) is 0.137. The maximum absolute atomic E-state index is 12.1. The van der Waals surface area contributed by atoms with Gasteiger partial charge in [-0.2, -0.15) is 0 Å². The highest BCUT2D eigenvalue weighted by Gasteiger charge is 2.18. The third-order valence-corrected chi connectivity index (χ3v) is 4.26. The van der Waals surface area contributed by atoms with Crippen LogP contribution in [0.2, 0.25) is 0 Å². The van der Waals surface area contributed by atoms with Gasteiger partial charge in [0.05, 0.1) is 11.5 Å². The van der Waals surface area contributed by atoms with Crippen molar-refractivity contribution in [1.29, 1.82) is 0 Å². The molecule has 3 N–H and O–H groups in total. The predicted molar refractivity (Wildman–Crippen MR) is 73.8 cm³/mol. The van der Waals surface area contributed by atoms with E-state index in [1.165, 1.54) is 18.2 Å². The predicted octanol–water partition coefficient (Wildman–Crippen LogP) is 0.409. The van der Waals surface area contributed by atoms with Gasteiger partial charge in [0.1, 0.15) is 0 Å². The van der Waals surface area contributed by atoms with E-state index < -0.39 is 10.0 Å². The van der Waals surface area contributed by atoms with Gasteiger partial charge in [-0.25, -0.2) is 13.6 Å². The van der Waals surface area contributed by atoms with Crippen LogP contribution in [0.4, 0.5) is 0 Å². The van der Waals surface area contributed by atoms with E-state index in [0.29, 0.717) is 30.2 Å². The molecule has 110 valence electrons. The van der Waals surface area contributed by atoms with E-state index in [4.69, 9.17) is 9.88 Å². The standard InChI is InChI=1S/C13H18N2O4S/c1-9-6-11(20(14,17)18)2-3-12(9)13(16)15-7-10-4-5-19-8-10/h2-3,6,10H,4-5,7-8H2,1H3,(H,15,16)(H2,14,17,18). The fraction of sp³-hybridized carbons (Fsp3) is 0.462. The monoisotopic (exact) mass is 298 g/mol. The number of benzene rings is 1. The van der Waals surface area contributed by atoms with Crippen molar-refractivity contribution in [3.05, 3.63) is 29.3 Å². The molecule has 20 heavy (non-hydrogen) atoms. The van der Waals surface area contributed by atoms with E-state index in [9.17, 15) is 13.2 Å². The van der Waals surface area contributed by atoms with Crippen LogP contribution in [-0.4, -0.2) is 34.1 Å². The molecular weight excluding hydrogens is 280 g/mol. The second-order valence-electron chi connectivity index (χ2n) is 4.96. The van der Waals surface area contributed by atoms with E-state index in [1.807, 2.05) is 0 Å². The molecule has 1 aromatic rings. The van der Waals surface area contributed by atoms with Crippen LogP contribution in [0.5, 0.6) is 0 Å². The van der Waals surface area contributed by atoms with Crippen LogP contribution in [0.1, 0.15) is 22.3 Å². The van der Waals surface area contributed by atoms with Crippen molar-refractivity contribution in [1.82, 2.24) is 5.32 Å². The lowest BCUT2D eigenvalue weighted by Crippen LogP contribution is -2.30. The van der Waals surface area contributed by atoms with Crippen LogP contribution in [0, 0.1) is 12.8 Å². The first-order chi connectivity index (χ1) is 9.38. The second-order valence-corrected chi connectivity index (χ2v) is 6.52. The number of amides is 1. The summed E-state index contributed by atoms with van der Waals surface area (Å²) >= 11 is 0. The Balaban J connectivity index is 2.06. The van der Waals surface area contributed by atoms with Crippen LogP contribution in [-0.2, 0) is 14.8 Å². The van der Waals surface area contributed by atoms with Crippen LogP contribution in [0.25, 0.3) is 0 Å². The van der Waals surface area contributed by atoms with E-state index in [0.717, 1.165) is 13.0 Å². The van der Waals surface area contributed by atoms with Crippen molar-refractivity contribution in [2.75, 3.05) is 19.8 Å². The van der Waals surface area contributed by atoms with Gasteiger partial charge in [-0.1, -0.05) is 0 Å². The highest BCUT2D eigenvalue weighted by atomic mass is 32.2. The first-order valence-electron chi connectivity index (χ1n) is 6.37. The van der Waals surface area contributed by atoms with Crippen molar-refractivity contribution < 1.29 is 17.9 Å². The molecule has 1 amide bonds. The molecule has 1 heterocycles. The van der Waals surface area contributed by atoms with Gasteiger partial charge in [0.15, 0.2) is 0 Å². The number of aryl methyl sites for hydroxylation is 1. The summed E-state index contributed by atoms with van der Waals surface area (Å²) in [7, 11) is -3.74.